The van der Waals surface area contributed by atoms with Gasteiger partial charge in [0.2, 0.25) is 15.4 Å². The van der Waals surface area contributed by atoms with Crippen LogP contribution in [0.2, 0.25) is 0 Å². The van der Waals surface area contributed by atoms with Crippen molar-refractivity contribution < 1.29 is 13.2 Å². The van der Waals surface area contributed by atoms with Crippen molar-refractivity contribution in [1.82, 2.24) is 14.9 Å². The quantitative estimate of drug-likeness (QED) is 0.756. The molecule has 7 nitrogen and oxygen atoms in total. The largest absolute Gasteiger partial charge is 0.300 e. The summed E-state index contributed by atoms with van der Waals surface area (Å²) in [6, 6.07) is 5.48. The van der Waals surface area contributed by atoms with Crippen molar-refractivity contribution in [3.63, 3.8) is 0 Å². The Balaban J connectivity index is 2.18. The monoisotopic (exact) mass is 396 g/mol. The lowest BCUT2D eigenvalue weighted by molar-refractivity contribution is -0.123. The summed E-state index contributed by atoms with van der Waals surface area (Å²) in [5.41, 5.74) is 2.35. The highest BCUT2D eigenvalue weighted by Crippen LogP contribution is 2.25. The van der Waals surface area contributed by atoms with Crippen LogP contribution in [0.3, 0.4) is 0 Å². The smallest absolute Gasteiger partial charge is 0.270 e. The van der Waals surface area contributed by atoms with E-state index in [1.165, 1.54) is 0 Å². The Morgan fingerprint density at radius 2 is 1.85 bits per heavy atom. The molecule has 2 rings (SSSR count). The number of amides is 1. The molecule has 2 N–H and O–H groups in total. The highest BCUT2D eigenvalue weighted by Gasteiger charge is 2.26. The summed E-state index contributed by atoms with van der Waals surface area (Å²) in [6.07, 6.45) is 0. The van der Waals surface area contributed by atoms with Crippen LogP contribution in [0.15, 0.2) is 22.5 Å². The van der Waals surface area contributed by atoms with E-state index in [-0.39, 0.29) is 15.4 Å². The third-order valence-electron chi connectivity index (χ3n) is 3.77. The van der Waals surface area contributed by atoms with E-state index in [1.54, 1.807) is 27.7 Å². The van der Waals surface area contributed by atoms with Crippen molar-refractivity contribution in [3.8, 4) is 0 Å². The fourth-order valence-corrected chi connectivity index (χ4v) is 4.36. The summed E-state index contributed by atoms with van der Waals surface area (Å²) in [6.45, 7) is 10.9. The Kier molecular flexibility index (Phi) is 5.84. The van der Waals surface area contributed by atoms with E-state index in [2.05, 4.69) is 20.2 Å². The highest BCUT2D eigenvalue weighted by atomic mass is 32.2. The number of nitrogens with one attached hydrogen (secondary N) is 2. The van der Waals surface area contributed by atoms with Crippen molar-refractivity contribution in [2.75, 3.05) is 5.32 Å². The number of carbonyl (C=O) groups excluding carboxylic acids is 1. The molecule has 0 aliphatic heterocycles. The van der Waals surface area contributed by atoms with Crippen LogP contribution in [0.1, 0.15) is 50.4 Å². The van der Waals surface area contributed by atoms with E-state index in [9.17, 15) is 13.2 Å². The van der Waals surface area contributed by atoms with E-state index >= 15 is 0 Å². The molecular formula is C17H24N4O3S2. The van der Waals surface area contributed by atoms with Gasteiger partial charge in [-0.2, -0.15) is 0 Å². The average Bonchev–Trinajstić information content (AvgIpc) is 2.97. The summed E-state index contributed by atoms with van der Waals surface area (Å²) in [4.78, 5) is 12.0. The Labute approximate surface area is 158 Å². The number of anilines is 1. The SMILES string of the molecule is Cc1ccc(C)c([C@@H](C)NS(=O)(=O)c2nnc(NC(=O)C(C)(C)C)s2)c1. The van der Waals surface area contributed by atoms with Crippen molar-refractivity contribution in [3.05, 3.63) is 34.9 Å². The molecule has 1 aromatic heterocycles. The Bertz CT molecular complexity index is 914. The second-order valence-corrected chi connectivity index (χ2v) is 10.1. The first-order valence-corrected chi connectivity index (χ1v) is 10.4. The molecule has 0 unspecified atom stereocenters. The van der Waals surface area contributed by atoms with Crippen molar-refractivity contribution in [2.24, 2.45) is 5.41 Å². The topological polar surface area (TPSA) is 101 Å². The summed E-state index contributed by atoms with van der Waals surface area (Å²) in [7, 11) is -3.84. The Morgan fingerprint density at radius 3 is 2.46 bits per heavy atom. The molecule has 0 spiro atoms. The molecule has 142 valence electrons. The van der Waals surface area contributed by atoms with E-state index in [0.29, 0.717) is 0 Å². The van der Waals surface area contributed by atoms with E-state index in [0.717, 1.165) is 28.0 Å². The molecule has 0 radical (unpaired) electrons. The molecule has 1 amide bonds. The summed E-state index contributed by atoms with van der Waals surface area (Å²) in [5.74, 6) is -0.255. The number of nitrogens with zero attached hydrogens (tertiary/aromatic N) is 2. The van der Waals surface area contributed by atoms with Gasteiger partial charge in [-0.25, -0.2) is 13.1 Å². The number of rotatable bonds is 5. The van der Waals surface area contributed by atoms with Crippen LogP contribution in [-0.2, 0) is 14.8 Å². The first kappa shape index (κ1) is 20.5. The van der Waals surface area contributed by atoms with Crippen LogP contribution in [0.4, 0.5) is 5.13 Å². The minimum atomic E-state index is -3.84. The van der Waals surface area contributed by atoms with Gasteiger partial charge in [-0.1, -0.05) is 55.9 Å². The molecular weight excluding hydrogens is 372 g/mol. The van der Waals surface area contributed by atoms with Crippen molar-refractivity contribution >= 4 is 32.4 Å². The Morgan fingerprint density at radius 1 is 1.19 bits per heavy atom. The summed E-state index contributed by atoms with van der Waals surface area (Å²) in [5, 5.41) is 10.2. The van der Waals surface area contributed by atoms with Crippen LogP contribution >= 0.6 is 11.3 Å². The lowest BCUT2D eigenvalue weighted by Gasteiger charge is -2.16. The zero-order valence-corrected chi connectivity index (χ0v) is 17.4. The molecule has 0 aliphatic rings. The zero-order chi connectivity index (χ0) is 19.7. The van der Waals surface area contributed by atoms with Crippen LogP contribution in [0.25, 0.3) is 0 Å². The Hall–Kier alpha value is -1.84. The molecule has 0 saturated heterocycles. The first-order chi connectivity index (χ1) is 11.9. The standard InChI is InChI=1S/C17H24N4O3S2/c1-10-7-8-11(2)13(9-10)12(3)21-26(23,24)16-20-19-15(25-16)18-14(22)17(4,5)6/h7-9,12,21H,1-6H3,(H,18,19,22)/t12-/m1/s1. The number of hydrogen-bond acceptors (Lipinski definition) is 6. The molecule has 1 heterocycles. The average molecular weight is 397 g/mol. The predicted molar refractivity (Wildman–Crippen MR) is 103 cm³/mol. The zero-order valence-electron chi connectivity index (χ0n) is 15.7. The van der Waals surface area contributed by atoms with Gasteiger partial charge >= 0.3 is 0 Å². The van der Waals surface area contributed by atoms with Crippen molar-refractivity contribution in [2.45, 2.75) is 51.9 Å². The van der Waals surface area contributed by atoms with Gasteiger partial charge in [-0.15, -0.1) is 10.2 Å². The lowest BCUT2D eigenvalue weighted by Crippen LogP contribution is -2.27. The van der Waals surface area contributed by atoms with Gasteiger partial charge in [-0.05, 0) is 31.9 Å². The minimum Gasteiger partial charge on any atom is -0.300 e. The fourth-order valence-electron chi connectivity index (χ4n) is 2.23. The number of hydrogen-bond donors (Lipinski definition) is 2. The minimum absolute atomic E-state index is 0.157. The molecule has 0 aliphatic carbocycles. The van der Waals surface area contributed by atoms with Crippen molar-refractivity contribution in [1.29, 1.82) is 0 Å². The second-order valence-electron chi connectivity index (χ2n) is 7.28. The van der Waals surface area contributed by atoms with Gasteiger partial charge in [0.15, 0.2) is 0 Å². The molecule has 0 bridgehead atoms. The number of carbonyl (C=O) groups is 1. The summed E-state index contributed by atoms with van der Waals surface area (Å²) < 4.78 is 27.6. The third kappa shape index (κ3) is 4.87. The predicted octanol–water partition coefficient (Wildman–Crippen LogP) is 3.18. The molecule has 0 saturated carbocycles. The fraction of sp³-hybridized carbons (Fsp3) is 0.471. The normalized spacial score (nSPS) is 13.5. The first-order valence-electron chi connectivity index (χ1n) is 8.14. The van der Waals surface area contributed by atoms with Gasteiger partial charge in [0.25, 0.3) is 10.0 Å². The van der Waals surface area contributed by atoms with Gasteiger partial charge in [0.05, 0.1) is 0 Å². The molecule has 9 heteroatoms. The molecule has 2 aromatic rings. The summed E-state index contributed by atoms with van der Waals surface area (Å²) >= 11 is 0.824. The van der Waals surface area contributed by atoms with Gasteiger partial charge in [0, 0.05) is 11.5 Å². The van der Waals surface area contributed by atoms with Crippen LogP contribution in [0, 0.1) is 19.3 Å². The lowest BCUT2D eigenvalue weighted by atomic mass is 9.96. The molecule has 1 atom stereocenters. The molecule has 0 fully saturated rings. The highest BCUT2D eigenvalue weighted by molar-refractivity contribution is 7.91. The van der Waals surface area contributed by atoms with E-state index < -0.39 is 21.5 Å². The maximum Gasteiger partial charge on any atom is 0.270 e. The number of sulfonamides is 1. The molecule has 26 heavy (non-hydrogen) atoms. The van der Waals surface area contributed by atoms with Crippen LogP contribution < -0.4 is 10.0 Å². The van der Waals surface area contributed by atoms with Gasteiger partial charge < -0.3 is 5.32 Å². The van der Waals surface area contributed by atoms with Gasteiger partial charge in [-0.3, -0.25) is 4.79 Å². The third-order valence-corrected chi connectivity index (χ3v) is 6.52. The number of aromatic nitrogens is 2. The number of benzene rings is 1. The second kappa shape index (κ2) is 7.42. The number of aryl methyl sites for hydroxylation is 2. The van der Waals surface area contributed by atoms with Crippen LogP contribution in [-0.4, -0.2) is 24.5 Å². The van der Waals surface area contributed by atoms with Crippen LogP contribution in [0.5, 0.6) is 0 Å². The van der Waals surface area contributed by atoms with E-state index in [1.807, 2.05) is 32.0 Å². The molecule has 1 aromatic carbocycles. The van der Waals surface area contributed by atoms with Gasteiger partial charge in [0.1, 0.15) is 0 Å². The maximum atomic E-state index is 12.6. The van der Waals surface area contributed by atoms with E-state index in [4.69, 9.17) is 0 Å². The maximum absolute atomic E-state index is 12.6.